The molecule has 0 aromatic heterocycles. The summed E-state index contributed by atoms with van der Waals surface area (Å²) in [5.74, 6) is 0. The first-order chi connectivity index (χ1) is 1.91. The maximum absolute atomic E-state index is 3.56. The molecule has 0 rings (SSSR count). The standard InChI is InChI=1S/C3H6Br.Mg.2H/c1-2-3-4;;;/h1-3H2;;;. The normalized spacial score (nSPS) is 6.00. The third-order valence-electron chi connectivity index (χ3n) is 0.134. The second kappa shape index (κ2) is 8.98. The maximum atomic E-state index is 3.56. The smallest absolute Gasteiger partial charge is 0.0928 e. The molecule has 0 spiro atoms. The highest BCUT2D eigenvalue weighted by molar-refractivity contribution is 9.09. The Morgan fingerprint density at radius 3 is 1.80 bits per heavy atom. The quantitative estimate of drug-likeness (QED) is 0.379. The molecule has 0 aromatic carbocycles. The van der Waals surface area contributed by atoms with Crippen molar-refractivity contribution in [2.45, 2.75) is 6.42 Å². The summed E-state index contributed by atoms with van der Waals surface area (Å²) >= 11 is 3.19. The fraction of sp³-hybridized carbons (Fsp3) is 0.667. The molecule has 0 N–H and O–H groups in total. The highest BCUT2D eigenvalue weighted by atomic mass is 79.9. The zero-order chi connectivity index (χ0) is 3.41. The third-order valence-corrected chi connectivity index (χ3v) is 0.694. The number of hydrogen-bond donors (Lipinski definition) is 0. The van der Waals surface area contributed by atoms with E-state index in [1.807, 2.05) is 0 Å². The van der Waals surface area contributed by atoms with Crippen LogP contribution in [0.4, 0.5) is 0 Å². The Kier molecular flexibility index (Phi) is 17.1. The van der Waals surface area contributed by atoms with Gasteiger partial charge in [-0.15, -0.1) is 0 Å². The summed E-state index contributed by atoms with van der Waals surface area (Å²) in [4.78, 5) is 0. The Morgan fingerprint density at radius 2 is 1.80 bits per heavy atom. The van der Waals surface area contributed by atoms with Crippen LogP contribution < -0.4 is 0 Å². The predicted molar refractivity (Wildman–Crippen MR) is 32.3 cm³/mol. The van der Waals surface area contributed by atoms with Crippen LogP contribution in [0.15, 0.2) is 0 Å². The number of rotatable bonds is 1. The molecule has 0 unspecified atom stereocenters. The van der Waals surface area contributed by atoms with Crippen molar-refractivity contribution in [1.29, 1.82) is 0 Å². The van der Waals surface area contributed by atoms with Gasteiger partial charge in [-0.05, 0) is 6.42 Å². The van der Waals surface area contributed by atoms with Crippen LogP contribution in [0.25, 0.3) is 0 Å². The van der Waals surface area contributed by atoms with E-state index in [9.17, 15) is 0 Å². The monoisotopic (exact) mass is 147 g/mol. The van der Waals surface area contributed by atoms with Crippen molar-refractivity contribution in [3.8, 4) is 0 Å². The van der Waals surface area contributed by atoms with E-state index in [2.05, 4.69) is 22.9 Å². The van der Waals surface area contributed by atoms with Crippen molar-refractivity contribution >= 4 is 39.0 Å². The summed E-state index contributed by atoms with van der Waals surface area (Å²) in [5.41, 5.74) is 0. The molecule has 2 heteroatoms. The van der Waals surface area contributed by atoms with Crippen LogP contribution in [0.5, 0.6) is 0 Å². The minimum Gasteiger partial charge on any atom is -0.0928 e. The highest BCUT2D eigenvalue weighted by Gasteiger charge is 1.58. The first kappa shape index (κ1) is 9.53. The van der Waals surface area contributed by atoms with E-state index >= 15 is 0 Å². The van der Waals surface area contributed by atoms with Crippen LogP contribution in [0, 0.1) is 6.92 Å². The average molecular weight is 148 g/mol. The molecule has 1 radical (unpaired) electrons. The van der Waals surface area contributed by atoms with E-state index in [1.54, 1.807) is 0 Å². The van der Waals surface area contributed by atoms with Gasteiger partial charge in [-0.2, -0.15) is 0 Å². The topological polar surface area (TPSA) is 0 Å². The van der Waals surface area contributed by atoms with Crippen molar-refractivity contribution < 1.29 is 0 Å². The van der Waals surface area contributed by atoms with Crippen LogP contribution in [0.2, 0.25) is 0 Å². The van der Waals surface area contributed by atoms with E-state index in [4.69, 9.17) is 0 Å². The Hall–Kier alpha value is 1.25. The van der Waals surface area contributed by atoms with Crippen molar-refractivity contribution in [2.75, 3.05) is 5.33 Å². The molecule has 0 amide bonds. The second-order valence-electron chi connectivity index (χ2n) is 0.543. The van der Waals surface area contributed by atoms with Crippen LogP contribution in [-0.2, 0) is 0 Å². The zero-order valence-corrected chi connectivity index (χ0v) is 4.09. The molecule has 0 heterocycles. The lowest BCUT2D eigenvalue weighted by Crippen LogP contribution is -1.55. The van der Waals surface area contributed by atoms with E-state index in [1.165, 1.54) is 0 Å². The van der Waals surface area contributed by atoms with E-state index in [0.717, 1.165) is 11.8 Å². The Balaban J connectivity index is 0. The van der Waals surface area contributed by atoms with Crippen LogP contribution >= 0.6 is 15.9 Å². The number of hydrogen-bond acceptors (Lipinski definition) is 0. The lowest BCUT2D eigenvalue weighted by atomic mass is 10.6. The molecule has 0 saturated carbocycles. The molecule has 0 fully saturated rings. The molecular formula is C3H8BrMg. The van der Waals surface area contributed by atoms with Crippen molar-refractivity contribution in [3.63, 3.8) is 0 Å². The first-order valence-electron chi connectivity index (χ1n) is 1.27. The molecule has 0 aliphatic rings. The van der Waals surface area contributed by atoms with E-state index < -0.39 is 0 Å². The minimum atomic E-state index is 0. The molecule has 0 bridgehead atoms. The Bertz CT molecular complexity index is 8.85. The summed E-state index contributed by atoms with van der Waals surface area (Å²) in [6.45, 7) is 3.56. The lowest BCUT2D eigenvalue weighted by molar-refractivity contribution is 1.26. The van der Waals surface area contributed by atoms with Crippen molar-refractivity contribution in [2.24, 2.45) is 0 Å². The average Bonchev–Trinajstić information content (AvgIpc) is 1.37. The molecule has 5 heavy (non-hydrogen) atoms. The van der Waals surface area contributed by atoms with Gasteiger partial charge in [0.05, 0.1) is 0 Å². The van der Waals surface area contributed by atoms with Gasteiger partial charge in [0, 0.05) is 5.33 Å². The predicted octanol–water partition coefficient (Wildman–Crippen LogP) is 0.689. The number of halogens is 1. The fourth-order valence-corrected chi connectivity index (χ4v) is 0. The molecular weight excluding hydrogens is 140 g/mol. The van der Waals surface area contributed by atoms with E-state index in [-0.39, 0.29) is 23.1 Å². The summed E-state index contributed by atoms with van der Waals surface area (Å²) in [7, 11) is 0. The Labute approximate surface area is 57.6 Å². The zero-order valence-electron chi connectivity index (χ0n) is 2.50. The molecule has 0 saturated heterocycles. The minimum absolute atomic E-state index is 0. The third kappa shape index (κ3) is 11.0. The van der Waals surface area contributed by atoms with E-state index in [0.29, 0.717) is 0 Å². The van der Waals surface area contributed by atoms with Crippen LogP contribution in [0.3, 0.4) is 0 Å². The van der Waals surface area contributed by atoms with Gasteiger partial charge in [0.1, 0.15) is 0 Å². The SMILES string of the molecule is [CH2]CCBr.[MgH2]. The van der Waals surface area contributed by atoms with Gasteiger partial charge < -0.3 is 0 Å². The van der Waals surface area contributed by atoms with Gasteiger partial charge in [-0.3, -0.25) is 0 Å². The van der Waals surface area contributed by atoms with Crippen molar-refractivity contribution in [1.82, 2.24) is 0 Å². The van der Waals surface area contributed by atoms with Gasteiger partial charge in [0.2, 0.25) is 0 Å². The maximum Gasteiger partial charge on any atom is 0.316 e. The molecule has 0 aliphatic heterocycles. The largest absolute Gasteiger partial charge is 0.316 e. The lowest BCUT2D eigenvalue weighted by Gasteiger charge is -1.65. The van der Waals surface area contributed by atoms with Crippen LogP contribution in [0.1, 0.15) is 6.42 Å². The summed E-state index contributed by atoms with van der Waals surface area (Å²) < 4.78 is 0. The molecule has 29 valence electrons. The van der Waals surface area contributed by atoms with Crippen LogP contribution in [-0.4, -0.2) is 28.4 Å². The second-order valence-corrected chi connectivity index (χ2v) is 1.34. The molecule has 0 aliphatic carbocycles. The van der Waals surface area contributed by atoms with Crippen molar-refractivity contribution in [3.05, 3.63) is 6.92 Å². The summed E-state index contributed by atoms with van der Waals surface area (Å²) in [6, 6.07) is 0. The molecule has 0 atom stereocenters. The summed E-state index contributed by atoms with van der Waals surface area (Å²) in [6.07, 6.45) is 0.986. The fourth-order valence-electron chi connectivity index (χ4n) is 0. The van der Waals surface area contributed by atoms with Gasteiger partial charge in [-0.1, -0.05) is 22.9 Å². The molecule has 0 nitrogen and oxygen atoms in total. The Morgan fingerprint density at radius 1 is 1.60 bits per heavy atom. The summed E-state index contributed by atoms with van der Waals surface area (Å²) in [5, 5.41) is 1.02. The van der Waals surface area contributed by atoms with Gasteiger partial charge in [0.25, 0.3) is 0 Å². The van der Waals surface area contributed by atoms with Gasteiger partial charge in [-0.25, -0.2) is 0 Å². The van der Waals surface area contributed by atoms with Gasteiger partial charge >= 0.3 is 23.1 Å². The number of alkyl halides is 1. The first-order valence-corrected chi connectivity index (χ1v) is 2.39. The highest BCUT2D eigenvalue weighted by Crippen LogP contribution is 1.79. The van der Waals surface area contributed by atoms with Gasteiger partial charge in [0.15, 0.2) is 0 Å². The molecule has 0 aromatic rings.